The Labute approximate surface area is 148 Å². The van der Waals surface area contributed by atoms with Crippen molar-refractivity contribution in [3.8, 4) is 11.4 Å². The van der Waals surface area contributed by atoms with E-state index in [1.165, 1.54) is 16.2 Å². The molecule has 1 fully saturated rings. The van der Waals surface area contributed by atoms with Gasteiger partial charge in [-0.15, -0.1) is 11.3 Å². The summed E-state index contributed by atoms with van der Waals surface area (Å²) in [6, 6.07) is 7.07. The number of nitrogens with zero attached hydrogens (tertiary/aromatic N) is 3. The molecule has 4 heterocycles. The highest BCUT2D eigenvalue weighted by Crippen LogP contribution is 2.31. The molecule has 0 aromatic carbocycles. The van der Waals surface area contributed by atoms with Gasteiger partial charge in [-0.25, -0.2) is 4.98 Å². The molecule has 7 nitrogen and oxygen atoms in total. The van der Waals surface area contributed by atoms with Crippen LogP contribution in [-0.4, -0.2) is 34.1 Å². The van der Waals surface area contributed by atoms with E-state index in [-0.39, 0.29) is 11.7 Å². The van der Waals surface area contributed by atoms with Crippen molar-refractivity contribution in [2.24, 2.45) is 0 Å². The fourth-order valence-corrected chi connectivity index (χ4v) is 3.80. The second kappa shape index (κ2) is 7.12. The number of piperidine rings is 1. The van der Waals surface area contributed by atoms with Crippen LogP contribution in [0, 0.1) is 0 Å². The number of amides is 1. The fraction of sp³-hybridized carbons (Fsp3) is 0.294. The summed E-state index contributed by atoms with van der Waals surface area (Å²) in [5.74, 6) is 0.297. The molecule has 0 radical (unpaired) electrons. The van der Waals surface area contributed by atoms with Crippen LogP contribution >= 0.6 is 11.3 Å². The van der Waals surface area contributed by atoms with Crippen molar-refractivity contribution in [2.45, 2.75) is 18.8 Å². The molecular weight excluding hydrogens is 338 g/mol. The van der Waals surface area contributed by atoms with Gasteiger partial charge >= 0.3 is 0 Å². The molecule has 25 heavy (non-hydrogen) atoms. The van der Waals surface area contributed by atoms with Gasteiger partial charge in [0.2, 0.25) is 5.76 Å². The Morgan fingerprint density at radius 3 is 2.92 bits per heavy atom. The standard InChI is InChI=1S/C17H17N5O2S/c23-16(14-9-13(22-24-14)12-3-1-2-6-19-12)21-17-20-10-15(25-17)11-4-7-18-8-5-11/h1-3,6,9-11,18H,4-5,7-8H2,(H,20,21,23). The Balaban J connectivity index is 1.44. The van der Waals surface area contributed by atoms with Crippen LogP contribution in [0.15, 0.2) is 41.2 Å². The van der Waals surface area contributed by atoms with Gasteiger partial charge in [0, 0.05) is 23.3 Å². The van der Waals surface area contributed by atoms with Gasteiger partial charge in [-0.05, 0) is 44.0 Å². The number of hydrogen-bond donors (Lipinski definition) is 2. The zero-order valence-corrected chi connectivity index (χ0v) is 14.3. The van der Waals surface area contributed by atoms with Crippen LogP contribution in [0.25, 0.3) is 11.4 Å². The summed E-state index contributed by atoms with van der Waals surface area (Å²) < 4.78 is 5.14. The molecule has 3 aromatic rings. The lowest BCUT2D eigenvalue weighted by molar-refractivity contribution is 0.0988. The third-order valence-electron chi connectivity index (χ3n) is 4.15. The van der Waals surface area contributed by atoms with Gasteiger partial charge in [-0.1, -0.05) is 11.2 Å². The van der Waals surface area contributed by atoms with Crippen molar-refractivity contribution in [1.82, 2.24) is 20.4 Å². The minimum Gasteiger partial charge on any atom is -0.350 e. The molecule has 1 amide bonds. The van der Waals surface area contributed by atoms with Crippen LogP contribution in [0.4, 0.5) is 5.13 Å². The fourth-order valence-electron chi connectivity index (χ4n) is 2.82. The lowest BCUT2D eigenvalue weighted by Gasteiger charge is -2.20. The molecule has 0 aliphatic carbocycles. The van der Waals surface area contributed by atoms with Crippen LogP contribution in [-0.2, 0) is 0 Å². The molecular formula is C17H17N5O2S. The summed E-state index contributed by atoms with van der Waals surface area (Å²) in [7, 11) is 0. The molecule has 0 atom stereocenters. The van der Waals surface area contributed by atoms with E-state index < -0.39 is 0 Å². The third kappa shape index (κ3) is 3.59. The SMILES string of the molecule is O=C(Nc1ncc(C2CCNCC2)s1)c1cc(-c2ccccn2)no1. The zero-order chi connectivity index (χ0) is 17.1. The average molecular weight is 355 g/mol. The smallest absolute Gasteiger partial charge is 0.296 e. The van der Waals surface area contributed by atoms with Crippen molar-refractivity contribution in [2.75, 3.05) is 18.4 Å². The first-order valence-corrected chi connectivity index (χ1v) is 8.97. The van der Waals surface area contributed by atoms with Gasteiger partial charge in [-0.2, -0.15) is 0 Å². The van der Waals surface area contributed by atoms with Crippen molar-refractivity contribution in [3.63, 3.8) is 0 Å². The summed E-state index contributed by atoms with van der Waals surface area (Å²) in [6.07, 6.45) is 5.73. The van der Waals surface area contributed by atoms with Crippen LogP contribution < -0.4 is 10.6 Å². The molecule has 4 rings (SSSR count). The topological polar surface area (TPSA) is 92.9 Å². The van der Waals surface area contributed by atoms with Crippen molar-refractivity contribution >= 4 is 22.4 Å². The van der Waals surface area contributed by atoms with E-state index in [9.17, 15) is 4.79 Å². The highest BCUT2D eigenvalue weighted by molar-refractivity contribution is 7.15. The predicted octanol–water partition coefficient (Wildman–Crippen LogP) is 2.91. The van der Waals surface area contributed by atoms with E-state index in [0.717, 1.165) is 25.9 Å². The lowest BCUT2D eigenvalue weighted by Crippen LogP contribution is -2.26. The van der Waals surface area contributed by atoms with E-state index in [4.69, 9.17) is 4.52 Å². The maximum Gasteiger partial charge on any atom is 0.296 e. The highest BCUT2D eigenvalue weighted by atomic mass is 32.1. The molecule has 128 valence electrons. The summed E-state index contributed by atoms with van der Waals surface area (Å²) in [4.78, 5) is 22.1. The molecule has 8 heteroatoms. The first-order chi connectivity index (χ1) is 12.3. The number of rotatable bonds is 4. The number of nitrogens with one attached hydrogen (secondary N) is 2. The van der Waals surface area contributed by atoms with Crippen molar-refractivity contribution < 1.29 is 9.32 Å². The lowest BCUT2D eigenvalue weighted by atomic mass is 9.97. The Morgan fingerprint density at radius 1 is 1.24 bits per heavy atom. The van der Waals surface area contributed by atoms with Gasteiger partial charge in [0.05, 0.1) is 5.69 Å². The average Bonchev–Trinajstić information content (AvgIpc) is 3.33. The van der Waals surface area contributed by atoms with Gasteiger partial charge in [0.15, 0.2) is 5.13 Å². The minimum absolute atomic E-state index is 0.138. The summed E-state index contributed by atoms with van der Waals surface area (Å²) in [5.41, 5.74) is 1.19. The maximum absolute atomic E-state index is 12.3. The number of pyridine rings is 1. The predicted molar refractivity (Wildman–Crippen MR) is 94.6 cm³/mol. The Morgan fingerprint density at radius 2 is 2.12 bits per heavy atom. The molecule has 0 spiro atoms. The number of hydrogen-bond acceptors (Lipinski definition) is 7. The molecule has 0 bridgehead atoms. The van der Waals surface area contributed by atoms with Crippen molar-refractivity contribution in [1.29, 1.82) is 0 Å². The first-order valence-electron chi connectivity index (χ1n) is 8.15. The van der Waals surface area contributed by atoms with E-state index in [0.29, 0.717) is 22.4 Å². The third-order valence-corrected chi connectivity index (χ3v) is 5.22. The molecule has 1 saturated heterocycles. The van der Waals surface area contributed by atoms with Gasteiger partial charge in [0.1, 0.15) is 5.69 Å². The number of anilines is 1. The van der Waals surface area contributed by atoms with Crippen LogP contribution in [0.3, 0.4) is 0 Å². The van der Waals surface area contributed by atoms with E-state index in [2.05, 4.69) is 25.8 Å². The molecule has 1 aliphatic heterocycles. The Hall–Kier alpha value is -2.58. The van der Waals surface area contributed by atoms with E-state index >= 15 is 0 Å². The molecule has 0 unspecified atom stereocenters. The normalized spacial score (nSPS) is 15.2. The quantitative estimate of drug-likeness (QED) is 0.747. The van der Waals surface area contributed by atoms with Crippen molar-refractivity contribution in [3.05, 3.63) is 47.3 Å². The molecule has 1 aliphatic rings. The maximum atomic E-state index is 12.3. The summed E-state index contributed by atoms with van der Waals surface area (Å²) >= 11 is 1.52. The van der Waals surface area contributed by atoms with Gasteiger partial charge in [0.25, 0.3) is 5.91 Å². The summed E-state index contributed by atoms with van der Waals surface area (Å²) in [6.45, 7) is 2.05. The molecule has 2 N–H and O–H groups in total. The van der Waals surface area contributed by atoms with Crippen LogP contribution in [0.2, 0.25) is 0 Å². The first kappa shape index (κ1) is 15.9. The highest BCUT2D eigenvalue weighted by Gasteiger charge is 2.20. The van der Waals surface area contributed by atoms with Gasteiger partial charge < -0.3 is 9.84 Å². The Kier molecular flexibility index (Phi) is 4.53. The number of carbonyl (C=O) groups excluding carboxylic acids is 1. The molecule has 3 aromatic heterocycles. The minimum atomic E-state index is -0.360. The van der Waals surface area contributed by atoms with E-state index in [1.807, 2.05) is 24.4 Å². The Bertz CT molecular complexity index is 855. The number of aromatic nitrogens is 3. The van der Waals surface area contributed by atoms with E-state index in [1.54, 1.807) is 12.3 Å². The number of carbonyl (C=O) groups is 1. The van der Waals surface area contributed by atoms with Crippen LogP contribution in [0.1, 0.15) is 34.2 Å². The largest absolute Gasteiger partial charge is 0.350 e. The second-order valence-corrected chi connectivity index (χ2v) is 6.90. The van der Waals surface area contributed by atoms with Gasteiger partial charge in [-0.3, -0.25) is 15.1 Å². The molecule has 0 saturated carbocycles. The zero-order valence-electron chi connectivity index (χ0n) is 13.4. The summed E-state index contributed by atoms with van der Waals surface area (Å²) in [5, 5.41) is 10.6. The number of thiazole rings is 1. The van der Waals surface area contributed by atoms with Crippen LogP contribution in [0.5, 0.6) is 0 Å². The second-order valence-electron chi connectivity index (χ2n) is 5.84. The monoisotopic (exact) mass is 355 g/mol.